The molecule has 20 N–H and O–H groups in total. The first-order valence-electron chi connectivity index (χ1n) is 29.1. The van der Waals surface area contributed by atoms with Crippen LogP contribution >= 0.6 is 0 Å². The molecule has 0 unspecified atom stereocenters. The number of amides is 11. The Bertz CT molecular complexity index is 2770. The van der Waals surface area contributed by atoms with E-state index in [2.05, 4.69) is 70.4 Å². The Morgan fingerprint density at radius 1 is 0.719 bits per heavy atom. The molecule has 1 saturated carbocycles. The first-order chi connectivity index (χ1) is 42.2. The third-order valence-electron chi connectivity index (χ3n) is 14.2. The van der Waals surface area contributed by atoms with E-state index in [1.165, 1.54) is 38.4 Å². The fourth-order valence-corrected chi connectivity index (χ4v) is 9.43. The number of carboxylic acid groups (broad SMARTS) is 1. The zero-order chi connectivity index (χ0) is 66.2. The van der Waals surface area contributed by atoms with E-state index in [1.807, 2.05) is 6.08 Å². The number of carbonyl (C=O) groups excluding carboxylic acids is 11. The average molecular weight is 1250 g/mol. The number of nitrogens with one attached hydrogen (secondary N) is 13. The SMILES string of the molecule is C=C1/C=C\C=C/CN/C=C\1C[C@H](NC(=O)[C@H](CCCNC(=N)NC)NC(=O)[C@H](COC)NC(=O)CNC(=O)[C@H](CC1CCCCC1)NC(=O)[C@@H](NC(=O)[C@H](CC(N)=O)NC(=O)[C@H](CCC(=O)O)NC(=O)[C@@H](Cc1ccc(O)cc1)NC(C)=O)[C@@H](C)O)C(N)=O. The van der Waals surface area contributed by atoms with Crippen LogP contribution in [0.15, 0.2) is 72.5 Å². The number of hydrogen-bond donors (Lipinski definition) is 18. The summed E-state index contributed by atoms with van der Waals surface area (Å²) in [6.07, 6.45) is 8.75. The summed E-state index contributed by atoms with van der Waals surface area (Å²) >= 11 is 0. The number of nitrogens with two attached hydrogens (primary N) is 2. The van der Waals surface area contributed by atoms with Gasteiger partial charge < -0.3 is 95.3 Å². The third-order valence-corrected chi connectivity index (χ3v) is 14.2. The Balaban J connectivity index is 1.81. The maximum Gasteiger partial charge on any atom is 0.303 e. The van der Waals surface area contributed by atoms with Gasteiger partial charge in [0.1, 0.15) is 54.1 Å². The van der Waals surface area contributed by atoms with Crippen molar-refractivity contribution < 1.29 is 77.6 Å². The molecule has 0 saturated heterocycles. The molecule has 1 aliphatic heterocycles. The Morgan fingerprint density at radius 3 is 1.91 bits per heavy atom. The second-order valence-electron chi connectivity index (χ2n) is 21.5. The van der Waals surface area contributed by atoms with E-state index in [1.54, 1.807) is 24.4 Å². The van der Waals surface area contributed by atoms with E-state index < -0.39 is 158 Å². The third kappa shape index (κ3) is 27.9. The molecule has 11 amide bonds. The number of phenols is 1. The quantitative estimate of drug-likeness (QED) is 0.0174. The minimum absolute atomic E-state index is 0.0111. The molecule has 0 spiro atoms. The van der Waals surface area contributed by atoms with Gasteiger partial charge in [0.2, 0.25) is 65.0 Å². The number of aliphatic carboxylic acids is 1. The molecular formula is C58H87N15O16. The van der Waals surface area contributed by atoms with Crippen LogP contribution in [-0.2, 0) is 68.7 Å². The molecule has 0 aromatic heterocycles. The molecule has 31 heteroatoms. The topological polar surface area (TPSA) is 495 Å². The van der Waals surface area contributed by atoms with Crippen LogP contribution in [0.3, 0.4) is 0 Å². The number of carbonyl (C=O) groups is 12. The lowest BCUT2D eigenvalue weighted by Crippen LogP contribution is -2.62. The molecule has 0 radical (unpaired) electrons. The molecule has 1 heterocycles. The highest BCUT2D eigenvalue weighted by atomic mass is 16.5. The molecule has 9 atom stereocenters. The van der Waals surface area contributed by atoms with Gasteiger partial charge >= 0.3 is 5.97 Å². The minimum atomic E-state index is -1.91. The predicted molar refractivity (Wildman–Crippen MR) is 323 cm³/mol. The maximum atomic E-state index is 14.1. The summed E-state index contributed by atoms with van der Waals surface area (Å²) in [4.78, 5) is 160. The highest BCUT2D eigenvalue weighted by molar-refractivity contribution is 5.99. The van der Waals surface area contributed by atoms with E-state index in [0.717, 1.165) is 33.1 Å². The summed E-state index contributed by atoms with van der Waals surface area (Å²) in [5.41, 5.74) is 12.8. The number of phenolic OH excluding ortho intramolecular Hbond substituents is 1. The van der Waals surface area contributed by atoms with Gasteiger partial charge in [-0.15, -0.1) is 0 Å². The van der Waals surface area contributed by atoms with Crippen molar-refractivity contribution in [1.82, 2.24) is 63.8 Å². The molecule has 0 bridgehead atoms. The molecule has 31 nitrogen and oxygen atoms in total. The fourth-order valence-electron chi connectivity index (χ4n) is 9.43. The molecule has 2 aliphatic rings. The molecule has 1 aromatic carbocycles. The zero-order valence-electron chi connectivity index (χ0n) is 50.5. The second-order valence-corrected chi connectivity index (χ2v) is 21.5. The van der Waals surface area contributed by atoms with Crippen molar-refractivity contribution >= 4 is 76.9 Å². The second kappa shape index (κ2) is 38.7. The number of hydrogen-bond acceptors (Lipinski definition) is 17. The summed E-state index contributed by atoms with van der Waals surface area (Å²) < 4.78 is 5.23. The highest BCUT2D eigenvalue weighted by Gasteiger charge is 2.37. The van der Waals surface area contributed by atoms with Crippen LogP contribution in [0.25, 0.3) is 0 Å². The fraction of sp³-hybridized carbons (Fsp3) is 0.534. The average Bonchev–Trinajstić information content (AvgIpc) is 3.28. The van der Waals surface area contributed by atoms with Crippen LogP contribution in [0.4, 0.5) is 0 Å². The Morgan fingerprint density at radius 2 is 1.31 bits per heavy atom. The molecule has 1 fully saturated rings. The van der Waals surface area contributed by atoms with Crippen LogP contribution in [0, 0.1) is 11.3 Å². The van der Waals surface area contributed by atoms with Gasteiger partial charge in [0.05, 0.1) is 25.7 Å². The number of guanidine groups is 1. The normalized spacial score (nSPS) is 17.4. The van der Waals surface area contributed by atoms with Crippen molar-refractivity contribution in [2.24, 2.45) is 17.4 Å². The van der Waals surface area contributed by atoms with Crippen molar-refractivity contribution in [3.63, 3.8) is 0 Å². The largest absolute Gasteiger partial charge is 0.508 e. The van der Waals surface area contributed by atoms with Gasteiger partial charge in [-0.05, 0) is 67.4 Å². The van der Waals surface area contributed by atoms with Crippen LogP contribution in [-0.4, -0.2) is 187 Å². The van der Waals surface area contributed by atoms with Crippen molar-refractivity contribution in [2.45, 2.75) is 152 Å². The van der Waals surface area contributed by atoms with Crippen molar-refractivity contribution in [2.75, 3.05) is 40.4 Å². The maximum absolute atomic E-state index is 14.1. The van der Waals surface area contributed by atoms with E-state index in [4.69, 9.17) is 21.6 Å². The van der Waals surface area contributed by atoms with Crippen LogP contribution in [0.2, 0.25) is 0 Å². The summed E-state index contributed by atoms with van der Waals surface area (Å²) in [6, 6.07) is -6.68. The smallest absolute Gasteiger partial charge is 0.303 e. The number of methoxy groups -OCH3 is 1. The van der Waals surface area contributed by atoms with Crippen molar-refractivity contribution in [3.05, 3.63) is 78.1 Å². The highest BCUT2D eigenvalue weighted by Crippen LogP contribution is 2.27. The summed E-state index contributed by atoms with van der Waals surface area (Å²) in [7, 11) is 2.77. The number of aromatic hydroxyl groups is 1. The molecule has 1 aromatic rings. The zero-order valence-corrected chi connectivity index (χ0v) is 50.5. The van der Waals surface area contributed by atoms with Gasteiger partial charge in [-0.2, -0.15) is 0 Å². The number of benzene rings is 1. The van der Waals surface area contributed by atoms with E-state index in [-0.39, 0.29) is 56.3 Å². The van der Waals surface area contributed by atoms with E-state index in [0.29, 0.717) is 36.1 Å². The van der Waals surface area contributed by atoms with Crippen molar-refractivity contribution in [3.8, 4) is 5.75 Å². The Labute approximate surface area is 515 Å². The standard InChI is InChI=1S/C58H87N15O16/c1-32-13-8-7-11-23-63-29-37(32)27-41(50(60)81)70-52(83)39(16-12-24-64-58(61)62-4)68-56(87)45(31-89-5)67-47(78)30-65-51(82)42(25-35-14-9-6-10-15-35)72-57(88)49(33(2)74)73-55(86)44(28-46(59)77)71-53(84)40(21-22-48(79)80)69-54(85)43(66-34(3)75)26-36-17-19-38(76)20-18-36/h7-8,11,13,17-20,29,33,35,39-45,49,63,74,76H,1,6,9-10,12,14-16,21-28,30-31H2,2-5H3,(H2,59,77)(H2,60,81)(H,65,82)(H,66,75)(H,67,78)(H,68,87)(H,69,85)(H,70,83)(H,71,84)(H,72,88)(H,73,86)(H,79,80)(H3,61,62,64)/b11-7-,13-8-,37-29-/t33-,39+,40+,41+,42+,43-,44+,45+,49+/m1/s1. The van der Waals surface area contributed by atoms with Crippen LogP contribution in [0.5, 0.6) is 5.75 Å². The lowest BCUT2D eigenvalue weighted by molar-refractivity contribution is -0.139. The molecule has 89 heavy (non-hydrogen) atoms. The number of primary amides is 2. The predicted octanol–water partition coefficient (Wildman–Crippen LogP) is -3.76. The van der Waals surface area contributed by atoms with Crippen molar-refractivity contribution in [1.29, 1.82) is 5.41 Å². The molecular weight excluding hydrogens is 1160 g/mol. The number of allylic oxidation sites excluding steroid dienone is 4. The number of carboxylic acids is 1. The lowest BCUT2D eigenvalue weighted by atomic mass is 9.84. The van der Waals surface area contributed by atoms with Crippen LogP contribution < -0.4 is 75.3 Å². The molecule has 3 rings (SSSR count). The number of rotatable bonds is 36. The van der Waals surface area contributed by atoms with Gasteiger partial charge in [0, 0.05) is 59.6 Å². The van der Waals surface area contributed by atoms with Gasteiger partial charge in [0.25, 0.3) is 0 Å². The van der Waals surface area contributed by atoms with Gasteiger partial charge in [0.15, 0.2) is 5.96 Å². The monoisotopic (exact) mass is 1250 g/mol. The van der Waals surface area contributed by atoms with E-state index in [9.17, 15) is 72.9 Å². The molecule has 1 aliphatic carbocycles. The summed E-state index contributed by atoms with van der Waals surface area (Å²) in [6.45, 7) is 5.72. The summed E-state index contributed by atoms with van der Waals surface area (Å²) in [5, 5.41) is 68.4. The number of aliphatic hydroxyl groups excluding tert-OH is 1. The van der Waals surface area contributed by atoms with E-state index >= 15 is 0 Å². The Kier molecular flexibility index (Phi) is 32.1. The van der Waals surface area contributed by atoms with Gasteiger partial charge in [-0.3, -0.25) is 62.9 Å². The first kappa shape index (κ1) is 73.9. The number of aliphatic hydroxyl groups is 1. The summed E-state index contributed by atoms with van der Waals surface area (Å²) in [5.74, 6) is -12.3. The van der Waals surface area contributed by atoms with Gasteiger partial charge in [-0.25, -0.2) is 0 Å². The Hall–Kier alpha value is -9.39. The molecule has 490 valence electrons. The lowest BCUT2D eigenvalue weighted by Gasteiger charge is -2.29. The van der Waals surface area contributed by atoms with Gasteiger partial charge in [-0.1, -0.05) is 75.1 Å². The minimum Gasteiger partial charge on any atom is -0.508 e. The first-order valence-corrected chi connectivity index (χ1v) is 29.1. The number of ether oxygens (including phenoxy) is 1. The van der Waals surface area contributed by atoms with Crippen LogP contribution in [0.1, 0.15) is 96.5 Å².